The molecule has 1 aromatic heterocycles. The molecule has 122 valence electrons. The van der Waals surface area contributed by atoms with E-state index in [1.165, 1.54) is 0 Å². The van der Waals surface area contributed by atoms with Crippen LogP contribution in [-0.2, 0) is 16.0 Å². The molecule has 0 aliphatic heterocycles. The van der Waals surface area contributed by atoms with Crippen molar-refractivity contribution < 1.29 is 14.7 Å². The Kier molecular flexibility index (Phi) is 3.83. The molecule has 0 spiro atoms. The van der Waals surface area contributed by atoms with Gasteiger partial charge in [0.2, 0.25) is 5.91 Å². The number of carbonyl (C=O) groups excluding carboxylic acids is 1. The number of benzene rings is 1. The average molecular weight is 315 g/mol. The van der Waals surface area contributed by atoms with E-state index < -0.39 is 23.2 Å². The van der Waals surface area contributed by atoms with Crippen LogP contribution in [0.15, 0.2) is 24.3 Å². The summed E-state index contributed by atoms with van der Waals surface area (Å²) in [6.45, 7) is 4.17. The number of carboxylic acid groups (broad SMARTS) is 1. The Morgan fingerprint density at radius 1 is 1.30 bits per heavy atom. The molecule has 23 heavy (non-hydrogen) atoms. The zero-order valence-corrected chi connectivity index (χ0v) is 13.3. The number of hydrogen-bond acceptors (Lipinski definition) is 3. The second-order valence-electron chi connectivity index (χ2n) is 6.71. The van der Waals surface area contributed by atoms with Crippen LogP contribution in [0.2, 0.25) is 0 Å². The van der Waals surface area contributed by atoms with Crippen molar-refractivity contribution in [1.82, 2.24) is 15.3 Å². The van der Waals surface area contributed by atoms with Crippen molar-refractivity contribution in [3.63, 3.8) is 0 Å². The molecule has 1 aliphatic carbocycles. The maximum Gasteiger partial charge on any atom is 0.307 e. The fourth-order valence-electron chi connectivity index (χ4n) is 3.29. The van der Waals surface area contributed by atoms with E-state index in [2.05, 4.69) is 15.3 Å². The number of amides is 1. The zero-order valence-electron chi connectivity index (χ0n) is 13.3. The number of aromatic nitrogens is 2. The molecule has 1 amide bonds. The summed E-state index contributed by atoms with van der Waals surface area (Å²) in [4.78, 5) is 30.9. The second-order valence-corrected chi connectivity index (χ2v) is 6.71. The minimum Gasteiger partial charge on any atom is -0.481 e. The number of carbonyl (C=O) groups is 2. The fraction of sp³-hybridized carbons (Fsp3) is 0.471. The van der Waals surface area contributed by atoms with Crippen molar-refractivity contribution in [1.29, 1.82) is 0 Å². The van der Waals surface area contributed by atoms with E-state index in [0.717, 1.165) is 29.7 Å². The number of H-pyrrole nitrogens is 1. The summed E-state index contributed by atoms with van der Waals surface area (Å²) < 4.78 is 0. The summed E-state index contributed by atoms with van der Waals surface area (Å²) in [6.07, 6.45) is 1.50. The second kappa shape index (κ2) is 5.68. The zero-order chi connectivity index (χ0) is 16.6. The number of aliphatic carboxylic acids is 1. The van der Waals surface area contributed by atoms with Crippen LogP contribution in [0.3, 0.4) is 0 Å². The van der Waals surface area contributed by atoms with E-state index in [4.69, 9.17) is 5.11 Å². The quantitative estimate of drug-likeness (QED) is 0.710. The van der Waals surface area contributed by atoms with Gasteiger partial charge in [-0.15, -0.1) is 0 Å². The highest BCUT2D eigenvalue weighted by molar-refractivity contribution is 5.91. The van der Waals surface area contributed by atoms with Crippen LogP contribution in [0.4, 0.5) is 0 Å². The number of fused-ring (bicyclic) bond motifs is 1. The van der Waals surface area contributed by atoms with Gasteiger partial charge in [-0.1, -0.05) is 26.0 Å². The van der Waals surface area contributed by atoms with Crippen LogP contribution in [-0.4, -0.2) is 33.5 Å². The predicted molar refractivity (Wildman–Crippen MR) is 85.8 cm³/mol. The van der Waals surface area contributed by atoms with Crippen molar-refractivity contribution in [2.75, 3.05) is 6.54 Å². The first kappa shape index (κ1) is 15.5. The molecule has 1 heterocycles. The van der Waals surface area contributed by atoms with Gasteiger partial charge in [0.15, 0.2) is 0 Å². The summed E-state index contributed by atoms with van der Waals surface area (Å²) in [5.74, 6) is -1.15. The molecule has 0 bridgehead atoms. The standard InChI is InChI=1S/C17H21N3O3/c1-17(2)13(14(17)16(22)23)15(21)18-9-5-8-12-19-10-6-3-4-7-11(10)20-12/h3-4,6-7,13-14H,5,8-9H2,1-2H3,(H,18,21)(H,19,20)(H,22,23)/t13-,14+/m1/s1. The van der Waals surface area contributed by atoms with E-state index >= 15 is 0 Å². The molecule has 0 unspecified atom stereocenters. The van der Waals surface area contributed by atoms with Crippen LogP contribution in [0, 0.1) is 17.3 Å². The Morgan fingerprint density at radius 2 is 2.04 bits per heavy atom. The highest BCUT2D eigenvalue weighted by Crippen LogP contribution is 2.58. The number of para-hydroxylation sites is 2. The maximum absolute atomic E-state index is 12.1. The van der Waals surface area contributed by atoms with Crippen molar-refractivity contribution in [3.8, 4) is 0 Å². The Hall–Kier alpha value is -2.37. The largest absolute Gasteiger partial charge is 0.481 e. The predicted octanol–water partition coefficient (Wildman–Crippen LogP) is 1.97. The van der Waals surface area contributed by atoms with E-state index in [1.54, 1.807) is 0 Å². The van der Waals surface area contributed by atoms with Crippen LogP contribution in [0.1, 0.15) is 26.1 Å². The molecule has 2 atom stereocenters. The van der Waals surface area contributed by atoms with Crippen LogP contribution in [0.25, 0.3) is 11.0 Å². The van der Waals surface area contributed by atoms with Gasteiger partial charge in [0.05, 0.1) is 22.9 Å². The Bertz CT molecular complexity index is 717. The summed E-state index contributed by atoms with van der Waals surface area (Å²) in [7, 11) is 0. The number of imidazole rings is 1. The lowest BCUT2D eigenvalue weighted by molar-refractivity contribution is -0.140. The van der Waals surface area contributed by atoms with Gasteiger partial charge < -0.3 is 15.4 Å². The normalized spacial score (nSPS) is 22.0. The number of nitrogens with one attached hydrogen (secondary N) is 2. The lowest BCUT2D eigenvalue weighted by Gasteiger charge is -2.05. The number of aromatic amines is 1. The third-order valence-electron chi connectivity index (χ3n) is 4.70. The van der Waals surface area contributed by atoms with Gasteiger partial charge in [0, 0.05) is 13.0 Å². The molecule has 1 aromatic carbocycles. The van der Waals surface area contributed by atoms with Gasteiger partial charge in [-0.25, -0.2) is 4.98 Å². The van der Waals surface area contributed by atoms with Crippen molar-refractivity contribution in [2.24, 2.45) is 17.3 Å². The highest BCUT2D eigenvalue weighted by atomic mass is 16.4. The van der Waals surface area contributed by atoms with E-state index in [9.17, 15) is 9.59 Å². The fourth-order valence-corrected chi connectivity index (χ4v) is 3.29. The minimum absolute atomic E-state index is 0.160. The van der Waals surface area contributed by atoms with Gasteiger partial charge in [-0.3, -0.25) is 9.59 Å². The lowest BCUT2D eigenvalue weighted by atomic mass is 10.1. The summed E-state index contributed by atoms with van der Waals surface area (Å²) in [5.41, 5.74) is 1.50. The Labute approximate surface area is 134 Å². The molecule has 3 N–H and O–H groups in total. The third kappa shape index (κ3) is 2.93. The molecule has 0 saturated heterocycles. The van der Waals surface area contributed by atoms with Crippen molar-refractivity contribution >= 4 is 22.9 Å². The first-order valence-electron chi connectivity index (χ1n) is 7.85. The Morgan fingerprint density at radius 3 is 2.70 bits per heavy atom. The molecule has 3 rings (SSSR count). The molecule has 1 saturated carbocycles. The van der Waals surface area contributed by atoms with Crippen LogP contribution in [0.5, 0.6) is 0 Å². The number of carboxylic acids is 1. The summed E-state index contributed by atoms with van der Waals surface area (Å²) >= 11 is 0. The van der Waals surface area contributed by atoms with E-state index in [1.807, 2.05) is 38.1 Å². The number of rotatable bonds is 6. The average Bonchev–Trinajstić information content (AvgIpc) is 2.89. The molecule has 1 aliphatic rings. The molecule has 0 radical (unpaired) electrons. The number of aryl methyl sites for hydroxylation is 1. The van der Waals surface area contributed by atoms with Crippen LogP contribution < -0.4 is 5.32 Å². The first-order valence-corrected chi connectivity index (χ1v) is 7.85. The van der Waals surface area contributed by atoms with Gasteiger partial charge >= 0.3 is 5.97 Å². The Balaban J connectivity index is 1.47. The molecular formula is C17H21N3O3. The third-order valence-corrected chi connectivity index (χ3v) is 4.70. The smallest absolute Gasteiger partial charge is 0.307 e. The highest BCUT2D eigenvalue weighted by Gasteiger charge is 2.65. The summed E-state index contributed by atoms with van der Waals surface area (Å²) in [5, 5.41) is 12.0. The van der Waals surface area contributed by atoms with Crippen molar-refractivity contribution in [3.05, 3.63) is 30.1 Å². The number of nitrogens with zero attached hydrogens (tertiary/aromatic N) is 1. The van der Waals surface area contributed by atoms with Gasteiger partial charge in [-0.05, 0) is 24.0 Å². The number of hydrogen-bond donors (Lipinski definition) is 3. The molecule has 6 nitrogen and oxygen atoms in total. The lowest BCUT2D eigenvalue weighted by Crippen LogP contribution is -2.28. The van der Waals surface area contributed by atoms with Gasteiger partial charge in [-0.2, -0.15) is 0 Å². The minimum atomic E-state index is -0.891. The maximum atomic E-state index is 12.1. The van der Waals surface area contributed by atoms with Crippen LogP contribution >= 0.6 is 0 Å². The van der Waals surface area contributed by atoms with E-state index in [-0.39, 0.29) is 5.91 Å². The monoisotopic (exact) mass is 315 g/mol. The molecule has 6 heteroatoms. The van der Waals surface area contributed by atoms with Gasteiger partial charge in [0.1, 0.15) is 5.82 Å². The SMILES string of the molecule is CC1(C)[C@H](C(=O)O)[C@@H]1C(=O)NCCCc1nc2ccccc2[nH]1. The van der Waals surface area contributed by atoms with Gasteiger partial charge in [0.25, 0.3) is 0 Å². The molecular weight excluding hydrogens is 294 g/mol. The first-order chi connectivity index (χ1) is 10.9. The molecule has 2 aromatic rings. The van der Waals surface area contributed by atoms with E-state index in [0.29, 0.717) is 6.54 Å². The van der Waals surface area contributed by atoms with Crippen molar-refractivity contribution in [2.45, 2.75) is 26.7 Å². The summed E-state index contributed by atoms with van der Waals surface area (Å²) in [6, 6.07) is 7.84. The topological polar surface area (TPSA) is 95.1 Å². The molecule has 1 fully saturated rings.